The highest BCUT2D eigenvalue weighted by molar-refractivity contribution is 6.10. The van der Waals surface area contributed by atoms with Gasteiger partial charge in [-0.25, -0.2) is 0 Å². The molecule has 57 heavy (non-hydrogen) atoms. The molecule has 7 rings (SSSR count). The van der Waals surface area contributed by atoms with Crippen LogP contribution in [0.15, 0.2) is 121 Å². The summed E-state index contributed by atoms with van der Waals surface area (Å²) in [6.07, 6.45) is 0. The number of fused-ring (bicyclic) bond motifs is 3. The minimum Gasteiger partial charge on any atom is -0.309 e. The van der Waals surface area contributed by atoms with Gasteiger partial charge in [-0.15, -0.1) is 0 Å². The molecule has 1 heteroatoms. The number of rotatable bonds is 4. The van der Waals surface area contributed by atoms with Gasteiger partial charge in [0, 0.05) is 16.5 Å². The van der Waals surface area contributed by atoms with Crippen molar-refractivity contribution in [2.75, 3.05) is 0 Å². The number of hydrogen-bond acceptors (Lipinski definition) is 0. The number of nitrogens with zero attached hydrogens (tertiary/aromatic N) is 1. The average Bonchev–Trinajstić information content (AvgIpc) is 3.47. The molecule has 0 bridgehead atoms. The first-order valence-electron chi connectivity index (χ1n) is 21.0. The Labute approximate surface area is 344 Å². The molecule has 0 aliphatic carbocycles. The van der Waals surface area contributed by atoms with Gasteiger partial charge >= 0.3 is 0 Å². The Balaban J connectivity index is 1.47. The molecule has 294 valence electrons. The Hall–Kier alpha value is -4.88. The Morgan fingerprint density at radius 2 is 0.702 bits per heavy atom. The summed E-state index contributed by atoms with van der Waals surface area (Å²) in [5.74, 6) is 0. The van der Waals surface area contributed by atoms with Crippen molar-refractivity contribution in [3.63, 3.8) is 0 Å². The molecule has 0 aliphatic heterocycles. The summed E-state index contributed by atoms with van der Waals surface area (Å²) >= 11 is 0. The van der Waals surface area contributed by atoms with Crippen LogP contribution in [-0.4, -0.2) is 4.57 Å². The van der Waals surface area contributed by atoms with Crippen molar-refractivity contribution in [1.82, 2.24) is 4.57 Å². The molecule has 0 saturated heterocycles. The highest BCUT2D eigenvalue weighted by Crippen LogP contribution is 2.42. The Kier molecular flexibility index (Phi) is 9.83. The molecule has 0 N–H and O–H groups in total. The standard InChI is InChI=1S/C56H65N/c1-52(2,3)42-30-40(31-43(34-42)53(4,5)6)38-27-37(28-39(29-38)41-32-44(54(7,8)9)35-45(33-41)55(10,11)12)36-23-25-46(26-24-36)57-50-22-17-16-19-47(50)48-20-18-21-49(51(48)57)56(13,14)15/h16-35H,1-15H3. The molecule has 0 spiro atoms. The highest BCUT2D eigenvalue weighted by Gasteiger charge is 2.25. The zero-order valence-electron chi connectivity index (χ0n) is 37.5. The Bertz CT molecular complexity index is 2450. The van der Waals surface area contributed by atoms with E-state index in [2.05, 4.69) is 230 Å². The number of benzene rings is 6. The SMILES string of the molecule is CC(C)(C)c1cc(-c2cc(-c3ccc(-n4c5ccccc5c5cccc(C(C)(C)C)c54)cc3)cc(-c3cc(C(C)(C)C)cc(C(C)(C)C)c3)c2)cc(C(C)(C)C)c1. The zero-order valence-corrected chi connectivity index (χ0v) is 37.5. The molecule has 0 aliphatic rings. The molecule has 1 nitrogen and oxygen atoms in total. The first-order chi connectivity index (χ1) is 26.4. The fourth-order valence-corrected chi connectivity index (χ4v) is 8.14. The topological polar surface area (TPSA) is 4.93 Å². The molecule has 7 aromatic rings. The molecular formula is C56H65N. The molecule has 0 amide bonds. The summed E-state index contributed by atoms with van der Waals surface area (Å²) in [6.45, 7) is 34.9. The fourth-order valence-electron chi connectivity index (χ4n) is 8.14. The van der Waals surface area contributed by atoms with Crippen LogP contribution in [0, 0.1) is 0 Å². The minimum atomic E-state index is -0.00326. The van der Waals surface area contributed by atoms with E-state index in [1.165, 1.54) is 88.7 Å². The monoisotopic (exact) mass is 752 g/mol. The smallest absolute Gasteiger partial charge is 0.0578 e. The largest absolute Gasteiger partial charge is 0.309 e. The van der Waals surface area contributed by atoms with Crippen LogP contribution >= 0.6 is 0 Å². The third kappa shape index (κ3) is 8.01. The quantitative estimate of drug-likeness (QED) is 0.169. The first-order valence-corrected chi connectivity index (χ1v) is 21.0. The second-order valence-corrected chi connectivity index (χ2v) is 21.7. The lowest BCUT2D eigenvalue weighted by Gasteiger charge is -2.27. The van der Waals surface area contributed by atoms with Gasteiger partial charge in [0.1, 0.15) is 0 Å². The van der Waals surface area contributed by atoms with Gasteiger partial charge in [0.2, 0.25) is 0 Å². The number of hydrogen-bond donors (Lipinski definition) is 0. The van der Waals surface area contributed by atoms with Crippen LogP contribution in [0.3, 0.4) is 0 Å². The van der Waals surface area contributed by atoms with Gasteiger partial charge in [-0.05, 0) is 125 Å². The molecule has 0 unspecified atom stereocenters. The molecule has 0 radical (unpaired) electrons. The maximum Gasteiger partial charge on any atom is 0.0578 e. The van der Waals surface area contributed by atoms with Crippen LogP contribution in [0.1, 0.15) is 132 Å². The maximum atomic E-state index is 2.48. The van der Waals surface area contributed by atoms with Crippen molar-refractivity contribution in [1.29, 1.82) is 0 Å². The summed E-state index contributed by atoms with van der Waals surface area (Å²) in [4.78, 5) is 0. The van der Waals surface area contributed by atoms with E-state index in [9.17, 15) is 0 Å². The van der Waals surface area contributed by atoms with Gasteiger partial charge in [-0.1, -0.05) is 189 Å². The molecule has 6 aromatic carbocycles. The van der Waals surface area contributed by atoms with Crippen LogP contribution in [0.4, 0.5) is 0 Å². The highest BCUT2D eigenvalue weighted by atomic mass is 15.0. The Morgan fingerprint density at radius 3 is 1.12 bits per heavy atom. The third-order valence-corrected chi connectivity index (χ3v) is 11.9. The van der Waals surface area contributed by atoms with E-state index >= 15 is 0 Å². The zero-order chi connectivity index (χ0) is 41.5. The lowest BCUT2D eigenvalue weighted by Crippen LogP contribution is -2.16. The van der Waals surface area contributed by atoms with Crippen LogP contribution in [0.2, 0.25) is 0 Å². The van der Waals surface area contributed by atoms with E-state index < -0.39 is 0 Å². The van der Waals surface area contributed by atoms with Crippen molar-refractivity contribution in [3.8, 4) is 39.1 Å². The Morgan fingerprint density at radius 1 is 0.316 bits per heavy atom. The number of aromatic nitrogens is 1. The summed E-state index contributed by atoms with van der Waals surface area (Å²) < 4.78 is 2.48. The second kappa shape index (κ2) is 13.9. The van der Waals surface area contributed by atoms with Gasteiger partial charge in [0.05, 0.1) is 11.0 Å². The molecule has 0 fully saturated rings. The van der Waals surface area contributed by atoms with Crippen molar-refractivity contribution >= 4 is 21.8 Å². The number of para-hydroxylation sites is 2. The normalized spacial score (nSPS) is 13.2. The second-order valence-electron chi connectivity index (χ2n) is 21.7. The maximum absolute atomic E-state index is 2.48. The van der Waals surface area contributed by atoms with E-state index in [0.717, 1.165) is 0 Å². The molecule has 0 atom stereocenters. The van der Waals surface area contributed by atoms with Gasteiger partial charge in [-0.2, -0.15) is 0 Å². The summed E-state index contributed by atoms with van der Waals surface area (Å²) in [5, 5.41) is 2.60. The van der Waals surface area contributed by atoms with Crippen molar-refractivity contribution in [2.24, 2.45) is 0 Å². The molecule has 0 saturated carbocycles. The predicted octanol–water partition coefficient (Wildman–Crippen LogP) is 16.3. The first kappa shape index (κ1) is 40.3. The van der Waals surface area contributed by atoms with E-state index in [-0.39, 0.29) is 27.1 Å². The van der Waals surface area contributed by atoms with E-state index in [1.54, 1.807) is 0 Å². The summed E-state index contributed by atoms with van der Waals surface area (Å²) in [5.41, 5.74) is 18.1. The van der Waals surface area contributed by atoms with E-state index in [1.807, 2.05) is 0 Å². The van der Waals surface area contributed by atoms with Gasteiger partial charge in [-0.3, -0.25) is 0 Å². The van der Waals surface area contributed by atoms with Gasteiger partial charge < -0.3 is 4.57 Å². The van der Waals surface area contributed by atoms with Crippen molar-refractivity contribution in [2.45, 2.75) is 131 Å². The molecule has 1 heterocycles. The lowest BCUT2D eigenvalue weighted by atomic mass is 9.78. The lowest BCUT2D eigenvalue weighted by molar-refractivity contribution is 0.568. The van der Waals surface area contributed by atoms with Gasteiger partial charge in [0.25, 0.3) is 0 Å². The summed E-state index contributed by atoms with van der Waals surface area (Å²) in [6, 6.07) is 46.8. The predicted molar refractivity (Wildman–Crippen MR) is 251 cm³/mol. The van der Waals surface area contributed by atoms with Crippen LogP contribution in [0.25, 0.3) is 60.9 Å². The summed E-state index contributed by atoms with van der Waals surface area (Å²) in [7, 11) is 0. The van der Waals surface area contributed by atoms with Crippen molar-refractivity contribution in [3.05, 3.63) is 149 Å². The third-order valence-electron chi connectivity index (χ3n) is 11.9. The van der Waals surface area contributed by atoms with Crippen LogP contribution in [0.5, 0.6) is 0 Å². The molecular weight excluding hydrogens is 687 g/mol. The van der Waals surface area contributed by atoms with Gasteiger partial charge in [0.15, 0.2) is 0 Å². The van der Waals surface area contributed by atoms with E-state index in [4.69, 9.17) is 0 Å². The average molecular weight is 752 g/mol. The van der Waals surface area contributed by atoms with E-state index in [0.29, 0.717) is 0 Å². The van der Waals surface area contributed by atoms with Crippen molar-refractivity contribution < 1.29 is 0 Å². The minimum absolute atomic E-state index is 0.00326. The van der Waals surface area contributed by atoms with Crippen LogP contribution < -0.4 is 0 Å². The molecule has 1 aromatic heterocycles. The van der Waals surface area contributed by atoms with Crippen LogP contribution in [-0.2, 0) is 27.1 Å². The fraction of sp³-hybridized carbons (Fsp3) is 0.357.